The predicted molar refractivity (Wildman–Crippen MR) is 80.8 cm³/mol. The van der Waals surface area contributed by atoms with Gasteiger partial charge in [-0.3, -0.25) is 0 Å². The lowest BCUT2D eigenvalue weighted by Gasteiger charge is -2.14. The number of methoxy groups -OCH3 is 2. The largest absolute Gasteiger partial charge is 0.493 e. The Morgan fingerprint density at radius 1 is 1.32 bits per heavy atom. The van der Waals surface area contributed by atoms with Gasteiger partial charge in [0.25, 0.3) is 0 Å². The molecule has 1 aromatic carbocycles. The van der Waals surface area contributed by atoms with Gasteiger partial charge >= 0.3 is 0 Å². The predicted octanol–water partition coefficient (Wildman–Crippen LogP) is 3.60. The highest BCUT2D eigenvalue weighted by Gasteiger charge is 2.27. The van der Waals surface area contributed by atoms with Crippen molar-refractivity contribution in [2.45, 2.75) is 26.3 Å². The maximum absolute atomic E-state index is 5.35. The molecular formula is C15H22BrNO2. The van der Waals surface area contributed by atoms with Gasteiger partial charge in [-0.05, 0) is 64.8 Å². The molecule has 0 aromatic heterocycles. The van der Waals surface area contributed by atoms with Crippen molar-refractivity contribution < 1.29 is 9.47 Å². The molecule has 2 rings (SSSR count). The molecule has 1 N–H and O–H groups in total. The molecule has 1 saturated carbocycles. The molecular weight excluding hydrogens is 306 g/mol. The van der Waals surface area contributed by atoms with Gasteiger partial charge in [0.05, 0.1) is 18.7 Å². The molecule has 0 saturated heterocycles. The summed E-state index contributed by atoms with van der Waals surface area (Å²) in [7, 11) is 3.31. The Balaban J connectivity index is 1.94. The van der Waals surface area contributed by atoms with Crippen molar-refractivity contribution in [3.63, 3.8) is 0 Å². The van der Waals surface area contributed by atoms with Crippen LogP contribution in [0.25, 0.3) is 0 Å². The van der Waals surface area contributed by atoms with E-state index in [-0.39, 0.29) is 0 Å². The van der Waals surface area contributed by atoms with Gasteiger partial charge in [0.2, 0.25) is 0 Å². The lowest BCUT2D eigenvalue weighted by Crippen LogP contribution is -2.21. The van der Waals surface area contributed by atoms with Gasteiger partial charge in [-0.1, -0.05) is 6.92 Å². The third kappa shape index (κ3) is 3.86. The Hall–Kier alpha value is -0.740. The van der Waals surface area contributed by atoms with E-state index in [9.17, 15) is 0 Å². The number of rotatable bonds is 7. The smallest absolute Gasteiger partial charge is 0.174 e. The van der Waals surface area contributed by atoms with E-state index in [0.717, 1.165) is 40.9 Å². The Morgan fingerprint density at radius 3 is 2.63 bits per heavy atom. The van der Waals surface area contributed by atoms with Gasteiger partial charge in [0, 0.05) is 6.54 Å². The molecule has 19 heavy (non-hydrogen) atoms. The van der Waals surface area contributed by atoms with E-state index in [0.29, 0.717) is 0 Å². The summed E-state index contributed by atoms with van der Waals surface area (Å²) in [5.74, 6) is 3.25. The molecule has 1 fully saturated rings. The summed E-state index contributed by atoms with van der Waals surface area (Å²) >= 11 is 3.52. The van der Waals surface area contributed by atoms with E-state index in [1.165, 1.54) is 18.4 Å². The number of benzene rings is 1. The Kier molecular flexibility index (Phi) is 5.11. The molecule has 0 radical (unpaired) electrons. The lowest BCUT2D eigenvalue weighted by atomic mass is 10.1. The zero-order valence-corrected chi connectivity index (χ0v) is 13.4. The average molecular weight is 328 g/mol. The highest BCUT2D eigenvalue weighted by Crippen LogP contribution is 2.37. The zero-order chi connectivity index (χ0) is 13.8. The molecule has 0 heterocycles. The quantitative estimate of drug-likeness (QED) is 0.830. The molecule has 0 amide bonds. The van der Waals surface area contributed by atoms with Crippen molar-refractivity contribution in [2.75, 3.05) is 20.8 Å². The fourth-order valence-corrected chi connectivity index (χ4v) is 3.00. The van der Waals surface area contributed by atoms with Crippen LogP contribution in [0.1, 0.15) is 25.3 Å². The van der Waals surface area contributed by atoms with E-state index in [4.69, 9.17) is 9.47 Å². The minimum atomic E-state index is 0.748. The fourth-order valence-electron chi connectivity index (χ4n) is 2.35. The van der Waals surface area contributed by atoms with Gasteiger partial charge < -0.3 is 14.8 Å². The molecule has 3 nitrogen and oxygen atoms in total. The topological polar surface area (TPSA) is 30.5 Å². The van der Waals surface area contributed by atoms with Crippen LogP contribution < -0.4 is 14.8 Å². The van der Waals surface area contributed by atoms with Gasteiger partial charge in [-0.2, -0.15) is 0 Å². The molecule has 4 heteroatoms. The van der Waals surface area contributed by atoms with Crippen molar-refractivity contribution >= 4 is 15.9 Å². The van der Waals surface area contributed by atoms with Gasteiger partial charge in [-0.15, -0.1) is 0 Å². The number of ether oxygens (including phenoxy) is 2. The zero-order valence-electron chi connectivity index (χ0n) is 11.8. The van der Waals surface area contributed by atoms with Crippen LogP contribution in [0.15, 0.2) is 16.6 Å². The molecule has 1 atom stereocenters. The molecule has 0 bridgehead atoms. The Morgan fingerprint density at radius 2 is 2.05 bits per heavy atom. The standard InChI is InChI=1S/C15H22BrNO2/c1-10(12-4-5-12)8-17-9-11-6-13(16)15(19-3)14(7-11)18-2/h6-7,10,12,17H,4-5,8-9H2,1-3H3. The molecule has 1 aromatic rings. The highest BCUT2D eigenvalue weighted by atomic mass is 79.9. The fraction of sp³-hybridized carbons (Fsp3) is 0.600. The van der Waals surface area contributed by atoms with E-state index >= 15 is 0 Å². The number of hydrogen-bond donors (Lipinski definition) is 1. The maximum Gasteiger partial charge on any atom is 0.174 e. The summed E-state index contributed by atoms with van der Waals surface area (Å²) in [6.45, 7) is 4.27. The highest BCUT2D eigenvalue weighted by molar-refractivity contribution is 9.10. The van der Waals surface area contributed by atoms with Crippen molar-refractivity contribution in [1.29, 1.82) is 0 Å². The van der Waals surface area contributed by atoms with Crippen LogP contribution in [0.4, 0.5) is 0 Å². The lowest BCUT2D eigenvalue weighted by molar-refractivity contribution is 0.352. The van der Waals surface area contributed by atoms with Crippen LogP contribution >= 0.6 is 15.9 Å². The van der Waals surface area contributed by atoms with E-state index in [1.807, 2.05) is 6.07 Å². The van der Waals surface area contributed by atoms with Crippen molar-refractivity contribution in [3.05, 3.63) is 22.2 Å². The van der Waals surface area contributed by atoms with Crippen molar-refractivity contribution in [1.82, 2.24) is 5.32 Å². The maximum atomic E-state index is 5.35. The number of hydrogen-bond acceptors (Lipinski definition) is 3. The van der Waals surface area contributed by atoms with Crippen LogP contribution in [0, 0.1) is 11.8 Å². The van der Waals surface area contributed by atoms with Crippen LogP contribution in [0.5, 0.6) is 11.5 Å². The first-order valence-electron chi connectivity index (χ1n) is 6.76. The second-order valence-electron chi connectivity index (χ2n) is 5.26. The van der Waals surface area contributed by atoms with Crippen LogP contribution in [0.2, 0.25) is 0 Å². The first-order chi connectivity index (χ1) is 9.15. The normalized spacial score (nSPS) is 16.2. The molecule has 1 unspecified atom stereocenters. The first kappa shape index (κ1) is 14.7. The van der Waals surface area contributed by atoms with Gasteiger partial charge in [0.1, 0.15) is 0 Å². The molecule has 106 valence electrons. The van der Waals surface area contributed by atoms with Gasteiger partial charge in [-0.25, -0.2) is 0 Å². The average Bonchev–Trinajstić information content (AvgIpc) is 3.22. The third-order valence-corrected chi connectivity index (χ3v) is 4.30. The minimum Gasteiger partial charge on any atom is -0.493 e. The number of nitrogens with one attached hydrogen (secondary N) is 1. The second kappa shape index (κ2) is 6.62. The van der Waals surface area contributed by atoms with Crippen LogP contribution in [-0.2, 0) is 6.54 Å². The summed E-state index contributed by atoms with van der Waals surface area (Å²) in [5.41, 5.74) is 1.20. The van der Waals surface area contributed by atoms with Crippen LogP contribution in [0.3, 0.4) is 0 Å². The Labute approximate surface area is 123 Å². The monoisotopic (exact) mass is 327 g/mol. The second-order valence-corrected chi connectivity index (χ2v) is 6.11. The first-order valence-corrected chi connectivity index (χ1v) is 7.56. The molecule has 1 aliphatic carbocycles. The van der Waals surface area contributed by atoms with Crippen molar-refractivity contribution in [3.8, 4) is 11.5 Å². The number of halogens is 1. The van der Waals surface area contributed by atoms with E-state index < -0.39 is 0 Å². The molecule has 0 spiro atoms. The molecule has 1 aliphatic rings. The summed E-state index contributed by atoms with van der Waals surface area (Å²) in [4.78, 5) is 0. The third-order valence-electron chi connectivity index (χ3n) is 3.72. The summed E-state index contributed by atoms with van der Waals surface area (Å²) in [5, 5.41) is 3.52. The summed E-state index contributed by atoms with van der Waals surface area (Å²) in [6, 6.07) is 4.11. The van der Waals surface area contributed by atoms with Gasteiger partial charge in [0.15, 0.2) is 11.5 Å². The van der Waals surface area contributed by atoms with Crippen molar-refractivity contribution in [2.24, 2.45) is 11.8 Å². The summed E-state index contributed by atoms with van der Waals surface area (Å²) < 4.78 is 11.6. The Bertz CT molecular complexity index is 432. The molecule has 0 aliphatic heterocycles. The van der Waals surface area contributed by atoms with Crippen LogP contribution in [-0.4, -0.2) is 20.8 Å². The SMILES string of the molecule is COc1cc(CNCC(C)C2CC2)cc(Br)c1OC. The summed E-state index contributed by atoms with van der Waals surface area (Å²) in [6.07, 6.45) is 2.81. The van der Waals surface area contributed by atoms with E-state index in [2.05, 4.69) is 34.2 Å². The minimum absolute atomic E-state index is 0.748. The van der Waals surface area contributed by atoms with E-state index in [1.54, 1.807) is 14.2 Å².